The normalized spacial score (nSPS) is 17.6. The molecule has 1 aliphatic heterocycles. The minimum Gasteiger partial charge on any atom is -0.351 e. The van der Waals surface area contributed by atoms with Crippen LogP contribution in [0.1, 0.15) is 22.4 Å². The van der Waals surface area contributed by atoms with Gasteiger partial charge in [0.1, 0.15) is 0 Å². The predicted octanol–water partition coefficient (Wildman–Crippen LogP) is 1.05. The SMILES string of the molecule is Cc1[nH]ncc1CNC(=O)C1Cc2ccccc2CN1. The lowest BCUT2D eigenvalue weighted by Gasteiger charge is -2.25. The van der Waals surface area contributed by atoms with E-state index in [0.717, 1.165) is 24.2 Å². The lowest BCUT2D eigenvalue weighted by Crippen LogP contribution is -2.47. The van der Waals surface area contributed by atoms with Crippen LogP contribution in [-0.4, -0.2) is 22.1 Å². The molecular formula is C15H18N4O. The first kappa shape index (κ1) is 12.9. The van der Waals surface area contributed by atoms with Crippen molar-refractivity contribution in [3.05, 3.63) is 52.8 Å². The van der Waals surface area contributed by atoms with Crippen molar-refractivity contribution in [1.82, 2.24) is 20.8 Å². The number of aryl methyl sites for hydroxylation is 1. The van der Waals surface area contributed by atoms with E-state index in [2.05, 4.69) is 33.0 Å². The van der Waals surface area contributed by atoms with Gasteiger partial charge in [0, 0.05) is 24.3 Å². The molecule has 1 unspecified atom stereocenters. The number of hydrogen-bond acceptors (Lipinski definition) is 3. The summed E-state index contributed by atoms with van der Waals surface area (Å²) in [5, 5.41) is 13.1. The van der Waals surface area contributed by atoms with Crippen molar-refractivity contribution in [1.29, 1.82) is 0 Å². The molecule has 0 saturated carbocycles. The van der Waals surface area contributed by atoms with Crippen LogP contribution >= 0.6 is 0 Å². The summed E-state index contributed by atoms with van der Waals surface area (Å²) in [6.45, 7) is 3.21. The van der Waals surface area contributed by atoms with Crippen molar-refractivity contribution in [2.24, 2.45) is 0 Å². The van der Waals surface area contributed by atoms with E-state index in [1.165, 1.54) is 11.1 Å². The molecule has 5 nitrogen and oxygen atoms in total. The first-order valence-electron chi connectivity index (χ1n) is 6.81. The molecule has 0 aliphatic carbocycles. The zero-order valence-corrected chi connectivity index (χ0v) is 11.4. The molecule has 2 heterocycles. The van der Waals surface area contributed by atoms with E-state index in [0.29, 0.717) is 6.54 Å². The summed E-state index contributed by atoms with van der Waals surface area (Å²) in [5.41, 5.74) is 4.55. The average Bonchev–Trinajstić information content (AvgIpc) is 2.89. The molecule has 3 N–H and O–H groups in total. The Balaban J connectivity index is 1.60. The van der Waals surface area contributed by atoms with E-state index in [4.69, 9.17) is 0 Å². The summed E-state index contributed by atoms with van der Waals surface area (Å²) in [4.78, 5) is 12.2. The van der Waals surface area contributed by atoms with E-state index in [1.54, 1.807) is 6.20 Å². The summed E-state index contributed by atoms with van der Waals surface area (Å²) in [7, 11) is 0. The van der Waals surface area contributed by atoms with Crippen LogP contribution < -0.4 is 10.6 Å². The molecule has 0 fully saturated rings. The van der Waals surface area contributed by atoms with Gasteiger partial charge < -0.3 is 10.6 Å². The first-order valence-corrected chi connectivity index (χ1v) is 6.81. The molecule has 1 amide bonds. The number of hydrogen-bond donors (Lipinski definition) is 3. The smallest absolute Gasteiger partial charge is 0.237 e. The van der Waals surface area contributed by atoms with Crippen molar-refractivity contribution in [2.45, 2.75) is 32.5 Å². The van der Waals surface area contributed by atoms with Crippen molar-refractivity contribution < 1.29 is 4.79 Å². The molecule has 0 radical (unpaired) electrons. The third-order valence-corrected chi connectivity index (χ3v) is 3.79. The molecule has 5 heteroatoms. The molecule has 20 heavy (non-hydrogen) atoms. The third-order valence-electron chi connectivity index (χ3n) is 3.79. The van der Waals surface area contributed by atoms with E-state index in [-0.39, 0.29) is 11.9 Å². The van der Waals surface area contributed by atoms with Crippen LogP contribution in [0.4, 0.5) is 0 Å². The maximum absolute atomic E-state index is 12.2. The van der Waals surface area contributed by atoms with Gasteiger partial charge in [0.15, 0.2) is 0 Å². The molecular weight excluding hydrogens is 252 g/mol. The Morgan fingerprint density at radius 3 is 2.95 bits per heavy atom. The fourth-order valence-corrected chi connectivity index (χ4v) is 2.50. The van der Waals surface area contributed by atoms with Crippen molar-refractivity contribution in [2.75, 3.05) is 0 Å². The van der Waals surface area contributed by atoms with Gasteiger partial charge in [-0.05, 0) is 24.5 Å². The van der Waals surface area contributed by atoms with Crippen LogP contribution in [0.15, 0.2) is 30.5 Å². The zero-order valence-electron chi connectivity index (χ0n) is 11.4. The second-order valence-corrected chi connectivity index (χ2v) is 5.14. The standard InChI is InChI=1S/C15H18N4O/c1-10-13(9-18-19-10)8-17-15(20)14-6-11-4-2-3-5-12(11)7-16-14/h2-5,9,14,16H,6-8H2,1H3,(H,17,20)(H,18,19). The largest absolute Gasteiger partial charge is 0.351 e. The second kappa shape index (κ2) is 5.46. The average molecular weight is 270 g/mol. The highest BCUT2D eigenvalue weighted by Gasteiger charge is 2.23. The molecule has 3 rings (SSSR count). The van der Waals surface area contributed by atoms with Gasteiger partial charge in [-0.15, -0.1) is 0 Å². The van der Waals surface area contributed by atoms with Gasteiger partial charge in [-0.3, -0.25) is 9.89 Å². The Morgan fingerprint density at radius 2 is 2.20 bits per heavy atom. The third kappa shape index (κ3) is 2.58. The Hall–Kier alpha value is -2.14. The van der Waals surface area contributed by atoms with Crippen LogP contribution in [0.5, 0.6) is 0 Å². The van der Waals surface area contributed by atoms with Gasteiger partial charge in [0.2, 0.25) is 5.91 Å². The molecule has 0 bridgehead atoms. The van der Waals surface area contributed by atoms with Crippen molar-refractivity contribution in [3.63, 3.8) is 0 Å². The molecule has 1 aromatic carbocycles. The van der Waals surface area contributed by atoms with Gasteiger partial charge in [0.25, 0.3) is 0 Å². The van der Waals surface area contributed by atoms with Gasteiger partial charge in [-0.2, -0.15) is 5.10 Å². The zero-order chi connectivity index (χ0) is 13.9. The summed E-state index contributed by atoms with van der Waals surface area (Å²) < 4.78 is 0. The highest BCUT2D eigenvalue weighted by molar-refractivity contribution is 5.82. The highest BCUT2D eigenvalue weighted by Crippen LogP contribution is 2.16. The number of carbonyl (C=O) groups excluding carboxylic acids is 1. The van der Waals surface area contributed by atoms with E-state index >= 15 is 0 Å². The number of aromatic amines is 1. The summed E-state index contributed by atoms with van der Waals surface area (Å²) in [6, 6.07) is 8.09. The van der Waals surface area contributed by atoms with Crippen molar-refractivity contribution in [3.8, 4) is 0 Å². The molecule has 1 aliphatic rings. The number of carbonyl (C=O) groups is 1. The first-order chi connectivity index (χ1) is 9.74. The Labute approximate surface area is 117 Å². The lowest BCUT2D eigenvalue weighted by molar-refractivity contribution is -0.123. The summed E-state index contributed by atoms with van der Waals surface area (Å²) >= 11 is 0. The maximum Gasteiger partial charge on any atom is 0.237 e. The number of amides is 1. The van der Waals surface area contributed by atoms with E-state index in [9.17, 15) is 4.79 Å². The molecule has 1 atom stereocenters. The number of rotatable bonds is 3. The second-order valence-electron chi connectivity index (χ2n) is 5.14. The molecule has 0 spiro atoms. The topological polar surface area (TPSA) is 69.8 Å². The van der Waals surface area contributed by atoms with Crippen LogP contribution in [0, 0.1) is 6.92 Å². The molecule has 2 aromatic rings. The monoisotopic (exact) mass is 270 g/mol. The van der Waals surface area contributed by atoms with Crippen molar-refractivity contribution >= 4 is 5.91 Å². The number of H-pyrrole nitrogens is 1. The molecule has 104 valence electrons. The van der Waals surface area contributed by atoms with Gasteiger partial charge >= 0.3 is 0 Å². The highest BCUT2D eigenvalue weighted by atomic mass is 16.2. The number of benzene rings is 1. The number of fused-ring (bicyclic) bond motifs is 1. The maximum atomic E-state index is 12.2. The number of aromatic nitrogens is 2. The quantitative estimate of drug-likeness (QED) is 0.781. The predicted molar refractivity (Wildman–Crippen MR) is 75.9 cm³/mol. The fraction of sp³-hybridized carbons (Fsp3) is 0.333. The Morgan fingerprint density at radius 1 is 1.40 bits per heavy atom. The molecule has 1 aromatic heterocycles. The Kier molecular flexibility index (Phi) is 3.52. The van der Waals surface area contributed by atoms with Gasteiger partial charge in [-0.1, -0.05) is 24.3 Å². The minimum atomic E-state index is -0.155. The fourth-order valence-electron chi connectivity index (χ4n) is 2.50. The lowest BCUT2D eigenvalue weighted by atomic mass is 9.95. The van der Waals surface area contributed by atoms with Crippen LogP contribution in [-0.2, 0) is 24.3 Å². The minimum absolute atomic E-state index is 0.0418. The Bertz CT molecular complexity index is 620. The van der Waals surface area contributed by atoms with Gasteiger partial charge in [-0.25, -0.2) is 0 Å². The van der Waals surface area contributed by atoms with E-state index in [1.807, 2.05) is 19.1 Å². The molecule has 0 saturated heterocycles. The summed E-state index contributed by atoms with van der Waals surface area (Å²) in [5.74, 6) is 0.0418. The van der Waals surface area contributed by atoms with Crippen LogP contribution in [0.2, 0.25) is 0 Å². The van der Waals surface area contributed by atoms with Gasteiger partial charge in [0.05, 0.1) is 12.2 Å². The van der Waals surface area contributed by atoms with E-state index < -0.39 is 0 Å². The summed E-state index contributed by atoms with van der Waals surface area (Å²) in [6.07, 6.45) is 2.49. The van der Waals surface area contributed by atoms with Crippen LogP contribution in [0.25, 0.3) is 0 Å². The number of nitrogens with zero attached hydrogens (tertiary/aromatic N) is 1. The number of nitrogens with one attached hydrogen (secondary N) is 3. The van der Waals surface area contributed by atoms with Crippen LogP contribution in [0.3, 0.4) is 0 Å².